The van der Waals surface area contributed by atoms with Crippen LogP contribution in [0, 0.1) is 6.92 Å². The molecular weight excluding hydrogens is 311 g/mol. The summed E-state index contributed by atoms with van der Waals surface area (Å²) in [5.41, 5.74) is 1.73. The summed E-state index contributed by atoms with van der Waals surface area (Å²) in [5.74, 6) is 2.01. The van der Waals surface area contributed by atoms with Crippen LogP contribution in [-0.4, -0.2) is 19.7 Å². The standard InChI is InChI=1S/C14H14Cl2N4O/c1-8(15)14-18-11-5-3-4-10(16)13(11)20(14)7-6-12-17-9(2)19-21-12/h3-5,8H,6-7H2,1-2H3. The molecular formula is C14H14Cl2N4O. The van der Waals surface area contributed by atoms with Gasteiger partial charge in [-0.25, -0.2) is 4.98 Å². The van der Waals surface area contributed by atoms with E-state index >= 15 is 0 Å². The first kappa shape index (κ1) is 14.4. The first-order valence-electron chi connectivity index (χ1n) is 6.64. The topological polar surface area (TPSA) is 56.7 Å². The van der Waals surface area contributed by atoms with E-state index < -0.39 is 0 Å². The highest BCUT2D eigenvalue weighted by atomic mass is 35.5. The highest BCUT2D eigenvalue weighted by molar-refractivity contribution is 6.35. The molecule has 3 rings (SSSR count). The summed E-state index contributed by atoms with van der Waals surface area (Å²) in [6.45, 7) is 4.32. The number of hydrogen-bond acceptors (Lipinski definition) is 4. The lowest BCUT2D eigenvalue weighted by atomic mass is 10.3. The Hall–Kier alpha value is -1.59. The van der Waals surface area contributed by atoms with Gasteiger partial charge in [-0.05, 0) is 26.0 Å². The summed E-state index contributed by atoms with van der Waals surface area (Å²) < 4.78 is 7.17. The third kappa shape index (κ3) is 2.76. The zero-order chi connectivity index (χ0) is 15.0. The van der Waals surface area contributed by atoms with Gasteiger partial charge in [0.05, 0.1) is 21.4 Å². The number of hydrogen-bond donors (Lipinski definition) is 0. The maximum Gasteiger partial charge on any atom is 0.228 e. The van der Waals surface area contributed by atoms with Crippen molar-refractivity contribution in [2.24, 2.45) is 0 Å². The third-order valence-corrected chi connectivity index (χ3v) is 3.72. The lowest BCUT2D eigenvalue weighted by Gasteiger charge is -2.09. The highest BCUT2D eigenvalue weighted by Crippen LogP contribution is 2.29. The second-order valence-electron chi connectivity index (χ2n) is 4.83. The summed E-state index contributed by atoms with van der Waals surface area (Å²) in [7, 11) is 0. The molecule has 110 valence electrons. The van der Waals surface area contributed by atoms with Gasteiger partial charge in [0.1, 0.15) is 5.82 Å². The van der Waals surface area contributed by atoms with Gasteiger partial charge in [0.2, 0.25) is 5.89 Å². The van der Waals surface area contributed by atoms with Crippen molar-refractivity contribution in [1.82, 2.24) is 19.7 Å². The molecule has 0 aliphatic rings. The van der Waals surface area contributed by atoms with Gasteiger partial charge in [-0.3, -0.25) is 0 Å². The van der Waals surface area contributed by atoms with E-state index in [1.807, 2.05) is 29.7 Å². The molecule has 1 unspecified atom stereocenters. The fraction of sp³-hybridized carbons (Fsp3) is 0.357. The first-order valence-corrected chi connectivity index (χ1v) is 7.45. The van der Waals surface area contributed by atoms with Crippen LogP contribution >= 0.6 is 23.2 Å². The van der Waals surface area contributed by atoms with Crippen LogP contribution in [0.15, 0.2) is 22.7 Å². The van der Waals surface area contributed by atoms with Crippen LogP contribution in [0.1, 0.15) is 29.8 Å². The molecule has 0 spiro atoms. The normalized spacial score (nSPS) is 13.0. The zero-order valence-electron chi connectivity index (χ0n) is 11.7. The molecule has 2 aromatic heterocycles. The Kier molecular flexibility index (Phi) is 3.87. The van der Waals surface area contributed by atoms with E-state index in [9.17, 15) is 0 Å². The number of para-hydroxylation sites is 1. The van der Waals surface area contributed by atoms with E-state index in [0.29, 0.717) is 29.7 Å². The largest absolute Gasteiger partial charge is 0.339 e. The fourth-order valence-corrected chi connectivity index (χ4v) is 2.78. The summed E-state index contributed by atoms with van der Waals surface area (Å²) in [6, 6.07) is 5.66. The summed E-state index contributed by atoms with van der Waals surface area (Å²) in [4.78, 5) is 8.78. The average Bonchev–Trinajstić information content (AvgIpc) is 3.01. The Morgan fingerprint density at radius 2 is 2.14 bits per heavy atom. The van der Waals surface area contributed by atoms with Crippen molar-refractivity contribution in [3.05, 3.63) is 40.8 Å². The molecule has 7 heteroatoms. The molecule has 3 aromatic rings. The van der Waals surface area contributed by atoms with Gasteiger partial charge < -0.3 is 9.09 Å². The van der Waals surface area contributed by atoms with Crippen molar-refractivity contribution in [3.8, 4) is 0 Å². The molecule has 0 fully saturated rings. The highest BCUT2D eigenvalue weighted by Gasteiger charge is 2.17. The molecule has 0 saturated heterocycles. The smallest absolute Gasteiger partial charge is 0.228 e. The van der Waals surface area contributed by atoms with Crippen molar-refractivity contribution >= 4 is 34.2 Å². The van der Waals surface area contributed by atoms with Gasteiger partial charge in [0, 0.05) is 13.0 Å². The van der Waals surface area contributed by atoms with E-state index in [2.05, 4.69) is 15.1 Å². The number of rotatable bonds is 4. The van der Waals surface area contributed by atoms with Gasteiger partial charge >= 0.3 is 0 Å². The first-order chi connectivity index (χ1) is 10.1. The number of fused-ring (bicyclic) bond motifs is 1. The van der Waals surface area contributed by atoms with Gasteiger partial charge in [-0.2, -0.15) is 4.98 Å². The molecule has 0 aliphatic heterocycles. The SMILES string of the molecule is Cc1noc(CCn2c(C(C)Cl)nc3cccc(Cl)c32)n1. The van der Waals surface area contributed by atoms with E-state index in [-0.39, 0.29) is 5.38 Å². The number of alkyl halides is 1. The monoisotopic (exact) mass is 324 g/mol. The van der Waals surface area contributed by atoms with Gasteiger partial charge in [-0.15, -0.1) is 11.6 Å². The summed E-state index contributed by atoms with van der Waals surface area (Å²) in [5, 5.41) is 4.24. The lowest BCUT2D eigenvalue weighted by Crippen LogP contribution is -2.07. The quantitative estimate of drug-likeness (QED) is 0.682. The fourth-order valence-electron chi connectivity index (χ4n) is 2.34. The minimum Gasteiger partial charge on any atom is -0.339 e. The van der Waals surface area contributed by atoms with Crippen LogP contribution in [0.25, 0.3) is 11.0 Å². The predicted molar refractivity (Wildman–Crippen MR) is 81.8 cm³/mol. The molecule has 5 nitrogen and oxygen atoms in total. The molecule has 21 heavy (non-hydrogen) atoms. The molecule has 1 aromatic carbocycles. The second kappa shape index (κ2) is 5.66. The number of halogens is 2. The zero-order valence-corrected chi connectivity index (χ0v) is 13.2. The molecule has 0 saturated carbocycles. The summed E-state index contributed by atoms with van der Waals surface area (Å²) in [6.07, 6.45) is 0.605. The summed E-state index contributed by atoms with van der Waals surface area (Å²) >= 11 is 12.6. The predicted octanol–water partition coefficient (Wildman–Crippen LogP) is 3.92. The van der Waals surface area contributed by atoms with Crippen LogP contribution in [0.2, 0.25) is 5.02 Å². The van der Waals surface area contributed by atoms with Crippen molar-refractivity contribution in [1.29, 1.82) is 0 Å². The Balaban J connectivity index is 2.00. The number of nitrogens with zero attached hydrogens (tertiary/aromatic N) is 4. The number of aryl methyl sites for hydroxylation is 3. The average molecular weight is 325 g/mol. The minimum absolute atomic E-state index is 0.210. The van der Waals surface area contributed by atoms with Crippen LogP contribution in [0.3, 0.4) is 0 Å². The Labute approximate surface area is 131 Å². The Morgan fingerprint density at radius 1 is 1.33 bits per heavy atom. The van der Waals surface area contributed by atoms with Crippen LogP contribution in [0.5, 0.6) is 0 Å². The molecule has 1 atom stereocenters. The maximum atomic E-state index is 6.31. The van der Waals surface area contributed by atoms with Gasteiger partial charge in [0.25, 0.3) is 0 Å². The van der Waals surface area contributed by atoms with Gasteiger partial charge in [-0.1, -0.05) is 22.8 Å². The van der Waals surface area contributed by atoms with Crippen molar-refractivity contribution in [2.75, 3.05) is 0 Å². The molecule has 0 bridgehead atoms. The van der Waals surface area contributed by atoms with E-state index in [1.54, 1.807) is 6.92 Å². The number of benzene rings is 1. The minimum atomic E-state index is -0.210. The number of imidazole rings is 1. The third-order valence-electron chi connectivity index (χ3n) is 3.22. The van der Waals surface area contributed by atoms with Crippen LogP contribution < -0.4 is 0 Å². The maximum absolute atomic E-state index is 6.31. The lowest BCUT2D eigenvalue weighted by molar-refractivity contribution is 0.368. The van der Waals surface area contributed by atoms with Crippen LogP contribution in [-0.2, 0) is 13.0 Å². The molecule has 0 N–H and O–H groups in total. The molecule has 0 amide bonds. The second-order valence-corrected chi connectivity index (χ2v) is 5.89. The van der Waals surface area contributed by atoms with E-state index in [4.69, 9.17) is 27.7 Å². The van der Waals surface area contributed by atoms with Crippen LogP contribution in [0.4, 0.5) is 0 Å². The Bertz CT molecular complexity index is 778. The van der Waals surface area contributed by atoms with E-state index in [0.717, 1.165) is 16.9 Å². The molecule has 2 heterocycles. The van der Waals surface area contributed by atoms with Crippen molar-refractivity contribution < 1.29 is 4.52 Å². The van der Waals surface area contributed by atoms with Crippen molar-refractivity contribution in [2.45, 2.75) is 32.2 Å². The van der Waals surface area contributed by atoms with E-state index in [1.165, 1.54) is 0 Å². The van der Waals surface area contributed by atoms with Gasteiger partial charge in [0.15, 0.2) is 5.82 Å². The van der Waals surface area contributed by atoms with Crippen molar-refractivity contribution in [3.63, 3.8) is 0 Å². The molecule has 0 aliphatic carbocycles. The molecule has 0 radical (unpaired) electrons. The Morgan fingerprint density at radius 3 is 2.81 bits per heavy atom. The number of aromatic nitrogens is 4.